The highest BCUT2D eigenvalue weighted by atomic mass is 19.2. The molecule has 3 atom stereocenters. The fourth-order valence-electron chi connectivity index (χ4n) is 4.11. The van der Waals surface area contributed by atoms with Crippen molar-refractivity contribution in [1.29, 1.82) is 0 Å². The molecule has 2 N–H and O–H groups in total. The average Bonchev–Trinajstić information content (AvgIpc) is 3.18. The molecule has 3 unspecified atom stereocenters. The number of aromatic nitrogens is 1. The summed E-state index contributed by atoms with van der Waals surface area (Å²) in [6, 6.07) is 3.97. The summed E-state index contributed by atoms with van der Waals surface area (Å²) in [6.45, 7) is 2.75. The quantitative estimate of drug-likeness (QED) is 0.937. The first kappa shape index (κ1) is 15.7. The number of fused-ring (bicyclic) bond motifs is 1. The van der Waals surface area contributed by atoms with Gasteiger partial charge in [0.25, 0.3) is 0 Å². The SMILES string of the molecule is NC1CCCC2CN(Cc3coc(-c4ccc(F)c(F)c4)n3)CC12. The fraction of sp³-hybridized carbons (Fsp3) is 0.500. The monoisotopic (exact) mass is 333 g/mol. The standard InChI is InChI=1S/C18H21F2N3O/c19-15-5-4-11(6-16(15)20)18-22-13(10-24-18)8-23-7-12-2-1-3-17(21)14(12)9-23/h4-6,10,12,14,17H,1-3,7-9,21H2. The predicted octanol–water partition coefficient (Wildman–Crippen LogP) is 3.18. The number of rotatable bonds is 3. The highest BCUT2D eigenvalue weighted by Crippen LogP contribution is 2.36. The highest BCUT2D eigenvalue weighted by Gasteiger charge is 2.38. The molecule has 1 aliphatic carbocycles. The van der Waals surface area contributed by atoms with Crippen LogP contribution in [-0.4, -0.2) is 29.0 Å². The number of hydrogen-bond donors (Lipinski definition) is 1. The van der Waals surface area contributed by atoms with Gasteiger partial charge in [-0.15, -0.1) is 0 Å². The number of likely N-dealkylation sites (tertiary alicyclic amines) is 1. The van der Waals surface area contributed by atoms with Gasteiger partial charge in [-0.1, -0.05) is 6.42 Å². The van der Waals surface area contributed by atoms with Crippen molar-refractivity contribution in [3.8, 4) is 11.5 Å². The van der Waals surface area contributed by atoms with Gasteiger partial charge >= 0.3 is 0 Å². The molecule has 128 valence electrons. The first-order chi connectivity index (χ1) is 11.6. The van der Waals surface area contributed by atoms with Crippen LogP contribution in [-0.2, 0) is 6.54 Å². The molecule has 0 radical (unpaired) electrons. The summed E-state index contributed by atoms with van der Waals surface area (Å²) in [4.78, 5) is 6.79. The van der Waals surface area contributed by atoms with E-state index in [4.69, 9.17) is 10.2 Å². The van der Waals surface area contributed by atoms with Crippen LogP contribution in [0.25, 0.3) is 11.5 Å². The molecule has 2 aromatic rings. The molecular weight excluding hydrogens is 312 g/mol. The second-order valence-corrected chi connectivity index (χ2v) is 6.99. The molecule has 24 heavy (non-hydrogen) atoms. The minimum atomic E-state index is -0.898. The van der Waals surface area contributed by atoms with Gasteiger partial charge < -0.3 is 10.2 Å². The maximum absolute atomic E-state index is 13.3. The molecule has 1 saturated carbocycles. The molecule has 0 spiro atoms. The van der Waals surface area contributed by atoms with Gasteiger partial charge in [0.15, 0.2) is 11.6 Å². The molecule has 0 amide bonds. The first-order valence-electron chi connectivity index (χ1n) is 8.48. The lowest BCUT2D eigenvalue weighted by Crippen LogP contribution is -2.38. The van der Waals surface area contributed by atoms with Gasteiger partial charge in [-0.05, 0) is 42.9 Å². The lowest BCUT2D eigenvalue weighted by Gasteiger charge is -2.29. The molecule has 1 aliphatic heterocycles. The van der Waals surface area contributed by atoms with Gasteiger partial charge in [0.1, 0.15) is 6.26 Å². The van der Waals surface area contributed by atoms with E-state index in [1.807, 2.05) is 0 Å². The van der Waals surface area contributed by atoms with Crippen molar-refractivity contribution in [1.82, 2.24) is 9.88 Å². The molecule has 2 heterocycles. The molecule has 4 nitrogen and oxygen atoms in total. The van der Waals surface area contributed by atoms with E-state index in [1.165, 1.54) is 18.9 Å². The van der Waals surface area contributed by atoms with Crippen LogP contribution in [0.15, 0.2) is 28.9 Å². The summed E-state index contributed by atoms with van der Waals surface area (Å²) in [7, 11) is 0. The zero-order chi connectivity index (χ0) is 16.7. The number of nitrogens with two attached hydrogens (primary N) is 1. The van der Waals surface area contributed by atoms with Crippen molar-refractivity contribution < 1.29 is 13.2 Å². The van der Waals surface area contributed by atoms with Crippen LogP contribution in [0, 0.1) is 23.5 Å². The maximum Gasteiger partial charge on any atom is 0.226 e. The second-order valence-electron chi connectivity index (χ2n) is 6.99. The Bertz CT molecular complexity index is 733. The van der Waals surface area contributed by atoms with E-state index in [0.717, 1.165) is 37.3 Å². The molecule has 1 saturated heterocycles. The van der Waals surface area contributed by atoms with E-state index in [0.29, 0.717) is 35.9 Å². The van der Waals surface area contributed by atoms with Crippen molar-refractivity contribution in [2.75, 3.05) is 13.1 Å². The number of benzene rings is 1. The van der Waals surface area contributed by atoms with Crippen LogP contribution in [0.5, 0.6) is 0 Å². The lowest BCUT2D eigenvalue weighted by atomic mass is 9.78. The Balaban J connectivity index is 1.45. The van der Waals surface area contributed by atoms with Crippen molar-refractivity contribution in [3.63, 3.8) is 0 Å². The van der Waals surface area contributed by atoms with Gasteiger partial charge in [-0.25, -0.2) is 13.8 Å². The molecule has 4 rings (SSSR count). The zero-order valence-electron chi connectivity index (χ0n) is 13.4. The molecule has 2 aliphatic rings. The van der Waals surface area contributed by atoms with Gasteiger partial charge in [0, 0.05) is 31.2 Å². The minimum Gasteiger partial charge on any atom is -0.444 e. The molecule has 2 fully saturated rings. The third-order valence-corrected chi connectivity index (χ3v) is 5.33. The third-order valence-electron chi connectivity index (χ3n) is 5.33. The fourth-order valence-corrected chi connectivity index (χ4v) is 4.11. The summed E-state index contributed by atoms with van der Waals surface area (Å²) < 4.78 is 31.8. The molecule has 1 aromatic heterocycles. The van der Waals surface area contributed by atoms with E-state index >= 15 is 0 Å². The first-order valence-corrected chi connectivity index (χ1v) is 8.48. The Labute approximate surface area is 139 Å². The molecule has 1 aromatic carbocycles. The van der Waals surface area contributed by atoms with Crippen molar-refractivity contribution in [3.05, 3.63) is 41.8 Å². The smallest absolute Gasteiger partial charge is 0.226 e. The van der Waals surface area contributed by atoms with Crippen LogP contribution in [0.3, 0.4) is 0 Å². The topological polar surface area (TPSA) is 55.3 Å². The lowest BCUT2D eigenvalue weighted by molar-refractivity contribution is 0.259. The Hall–Kier alpha value is -1.79. The van der Waals surface area contributed by atoms with Crippen LogP contribution < -0.4 is 5.73 Å². The Morgan fingerprint density at radius 1 is 1.21 bits per heavy atom. The Morgan fingerprint density at radius 2 is 2.08 bits per heavy atom. The van der Waals surface area contributed by atoms with E-state index in [9.17, 15) is 8.78 Å². The predicted molar refractivity (Wildman–Crippen MR) is 85.9 cm³/mol. The molecule has 6 heteroatoms. The van der Waals surface area contributed by atoms with E-state index in [-0.39, 0.29) is 0 Å². The zero-order valence-corrected chi connectivity index (χ0v) is 13.4. The normalized spacial score (nSPS) is 27.4. The van der Waals surface area contributed by atoms with Crippen LogP contribution in [0.1, 0.15) is 25.0 Å². The van der Waals surface area contributed by atoms with Crippen molar-refractivity contribution in [2.24, 2.45) is 17.6 Å². The average molecular weight is 333 g/mol. The Morgan fingerprint density at radius 3 is 2.88 bits per heavy atom. The van der Waals surface area contributed by atoms with Gasteiger partial charge in [0.05, 0.1) is 5.69 Å². The van der Waals surface area contributed by atoms with Gasteiger partial charge in [-0.2, -0.15) is 0 Å². The van der Waals surface area contributed by atoms with E-state index in [1.54, 1.807) is 6.26 Å². The van der Waals surface area contributed by atoms with Crippen LogP contribution in [0.2, 0.25) is 0 Å². The molecular formula is C18H21F2N3O. The Kier molecular flexibility index (Phi) is 4.10. The molecule has 0 bridgehead atoms. The summed E-state index contributed by atoms with van der Waals surface area (Å²) in [5, 5.41) is 0. The van der Waals surface area contributed by atoms with Crippen molar-refractivity contribution in [2.45, 2.75) is 31.8 Å². The van der Waals surface area contributed by atoms with E-state index < -0.39 is 11.6 Å². The highest BCUT2D eigenvalue weighted by molar-refractivity contribution is 5.53. The second kappa shape index (κ2) is 6.26. The summed E-state index contributed by atoms with van der Waals surface area (Å²) >= 11 is 0. The van der Waals surface area contributed by atoms with Gasteiger partial charge in [-0.3, -0.25) is 4.90 Å². The number of halogens is 2. The summed E-state index contributed by atoms with van der Waals surface area (Å²) in [5.74, 6) is -0.189. The largest absolute Gasteiger partial charge is 0.444 e. The number of hydrogen-bond acceptors (Lipinski definition) is 4. The van der Waals surface area contributed by atoms with Crippen molar-refractivity contribution >= 4 is 0 Å². The summed E-state index contributed by atoms with van der Waals surface area (Å²) in [5.41, 5.74) is 7.50. The summed E-state index contributed by atoms with van der Waals surface area (Å²) in [6.07, 6.45) is 5.20. The minimum absolute atomic E-state index is 0.309. The van der Waals surface area contributed by atoms with E-state index in [2.05, 4.69) is 9.88 Å². The number of nitrogens with zero attached hydrogens (tertiary/aromatic N) is 2. The third kappa shape index (κ3) is 2.96. The maximum atomic E-state index is 13.3. The van der Waals surface area contributed by atoms with Crippen LogP contribution >= 0.6 is 0 Å². The van der Waals surface area contributed by atoms with Crippen LogP contribution in [0.4, 0.5) is 8.78 Å². The number of oxazole rings is 1. The van der Waals surface area contributed by atoms with Gasteiger partial charge in [0.2, 0.25) is 5.89 Å².